The van der Waals surface area contributed by atoms with Gasteiger partial charge in [0.1, 0.15) is 0 Å². The van der Waals surface area contributed by atoms with Gasteiger partial charge in [-0.25, -0.2) is 0 Å². The molecule has 112 valence electrons. The fourth-order valence-corrected chi connectivity index (χ4v) is 1.42. The summed E-state index contributed by atoms with van der Waals surface area (Å²) in [6.07, 6.45) is 0.956. The second-order valence-electron chi connectivity index (χ2n) is 6.21. The van der Waals surface area contributed by atoms with E-state index >= 15 is 0 Å². The molecule has 0 saturated carbocycles. The van der Waals surface area contributed by atoms with E-state index in [1.807, 2.05) is 34.6 Å². The van der Waals surface area contributed by atoms with Crippen molar-refractivity contribution in [3.63, 3.8) is 0 Å². The largest absolute Gasteiger partial charge is 0.394 e. The van der Waals surface area contributed by atoms with Crippen molar-refractivity contribution in [2.75, 3.05) is 13.2 Å². The Balaban J connectivity index is 3.84. The van der Waals surface area contributed by atoms with Crippen molar-refractivity contribution in [3.05, 3.63) is 0 Å². The van der Waals surface area contributed by atoms with Crippen LogP contribution in [0.15, 0.2) is 0 Å². The number of amides is 2. The fourth-order valence-electron chi connectivity index (χ4n) is 1.42. The van der Waals surface area contributed by atoms with E-state index in [1.54, 1.807) is 0 Å². The zero-order chi connectivity index (χ0) is 15.1. The van der Waals surface area contributed by atoms with Gasteiger partial charge in [0, 0.05) is 18.4 Å². The van der Waals surface area contributed by atoms with E-state index < -0.39 is 5.41 Å². The lowest BCUT2D eigenvalue weighted by Crippen LogP contribution is -2.41. The van der Waals surface area contributed by atoms with Crippen LogP contribution in [0.2, 0.25) is 0 Å². The van der Waals surface area contributed by atoms with Gasteiger partial charge in [-0.1, -0.05) is 34.6 Å². The molecule has 0 aliphatic heterocycles. The van der Waals surface area contributed by atoms with Gasteiger partial charge in [-0.3, -0.25) is 9.59 Å². The van der Waals surface area contributed by atoms with Crippen LogP contribution in [0.4, 0.5) is 0 Å². The van der Waals surface area contributed by atoms with E-state index in [0.717, 1.165) is 0 Å². The summed E-state index contributed by atoms with van der Waals surface area (Å²) in [7, 11) is 0. The number of rotatable bonds is 7. The Kier molecular flexibility index (Phi) is 7.68. The van der Waals surface area contributed by atoms with Gasteiger partial charge in [-0.05, 0) is 12.3 Å². The van der Waals surface area contributed by atoms with Crippen LogP contribution in [0.3, 0.4) is 0 Å². The highest BCUT2D eigenvalue weighted by molar-refractivity contribution is 5.81. The van der Waals surface area contributed by atoms with E-state index in [9.17, 15) is 9.59 Å². The summed E-state index contributed by atoms with van der Waals surface area (Å²) < 4.78 is 0. The zero-order valence-electron chi connectivity index (χ0n) is 12.7. The molecule has 0 bridgehead atoms. The molecule has 0 unspecified atom stereocenters. The van der Waals surface area contributed by atoms with Gasteiger partial charge in [0.05, 0.1) is 12.6 Å². The van der Waals surface area contributed by atoms with Gasteiger partial charge in [0.2, 0.25) is 11.8 Å². The van der Waals surface area contributed by atoms with E-state index in [-0.39, 0.29) is 30.4 Å². The third kappa shape index (κ3) is 7.82. The molecule has 5 heteroatoms. The summed E-state index contributed by atoms with van der Waals surface area (Å²) in [6.45, 7) is 9.89. The highest BCUT2D eigenvalue weighted by atomic mass is 16.3. The van der Waals surface area contributed by atoms with Gasteiger partial charge in [-0.15, -0.1) is 0 Å². The monoisotopic (exact) mass is 272 g/mol. The molecule has 19 heavy (non-hydrogen) atoms. The Hall–Kier alpha value is -1.10. The number of hydrogen-bond donors (Lipinski definition) is 3. The highest BCUT2D eigenvalue weighted by Gasteiger charge is 2.20. The number of hydrogen-bond acceptors (Lipinski definition) is 3. The van der Waals surface area contributed by atoms with Crippen LogP contribution in [0.5, 0.6) is 0 Å². The number of aliphatic hydroxyl groups is 1. The van der Waals surface area contributed by atoms with Gasteiger partial charge in [0.25, 0.3) is 0 Å². The molecule has 1 atom stereocenters. The summed E-state index contributed by atoms with van der Waals surface area (Å²) in [5, 5.41) is 14.7. The molecular weight excluding hydrogens is 244 g/mol. The fraction of sp³-hybridized carbons (Fsp3) is 0.857. The van der Waals surface area contributed by atoms with Crippen molar-refractivity contribution in [2.24, 2.45) is 11.3 Å². The number of aliphatic hydroxyl groups excluding tert-OH is 1. The average Bonchev–Trinajstić information content (AvgIpc) is 2.29. The minimum absolute atomic E-state index is 0.0108. The van der Waals surface area contributed by atoms with E-state index in [1.165, 1.54) is 0 Å². The van der Waals surface area contributed by atoms with E-state index in [2.05, 4.69) is 10.6 Å². The van der Waals surface area contributed by atoms with Crippen LogP contribution >= 0.6 is 0 Å². The molecule has 0 heterocycles. The van der Waals surface area contributed by atoms with Crippen LogP contribution in [-0.2, 0) is 9.59 Å². The predicted molar refractivity (Wildman–Crippen MR) is 75.6 cm³/mol. The molecule has 2 amide bonds. The smallest absolute Gasteiger partial charge is 0.225 e. The molecule has 0 aliphatic carbocycles. The molecule has 0 saturated heterocycles. The lowest BCUT2D eigenvalue weighted by Gasteiger charge is -2.20. The molecule has 0 fully saturated rings. The maximum atomic E-state index is 11.6. The topological polar surface area (TPSA) is 78.4 Å². The maximum Gasteiger partial charge on any atom is 0.225 e. The summed E-state index contributed by atoms with van der Waals surface area (Å²) in [5.74, 6) is 0.107. The molecule has 3 N–H and O–H groups in total. The van der Waals surface area contributed by atoms with Crippen molar-refractivity contribution in [3.8, 4) is 0 Å². The molecule has 0 rings (SSSR count). The first kappa shape index (κ1) is 17.9. The summed E-state index contributed by atoms with van der Waals surface area (Å²) in [6, 6.07) is -0.198. The third-order valence-electron chi connectivity index (χ3n) is 2.90. The molecule has 0 aliphatic rings. The van der Waals surface area contributed by atoms with Crippen LogP contribution in [-0.4, -0.2) is 36.1 Å². The van der Waals surface area contributed by atoms with Gasteiger partial charge in [0.15, 0.2) is 0 Å². The Labute approximate surface area is 116 Å². The number of nitrogens with one attached hydrogen (secondary N) is 2. The lowest BCUT2D eigenvalue weighted by atomic mass is 9.96. The van der Waals surface area contributed by atoms with Gasteiger partial charge >= 0.3 is 0 Å². The van der Waals surface area contributed by atoms with E-state index in [0.29, 0.717) is 19.4 Å². The quantitative estimate of drug-likeness (QED) is 0.606. The normalized spacial score (nSPS) is 13.2. The summed E-state index contributed by atoms with van der Waals surface area (Å²) >= 11 is 0. The first-order chi connectivity index (χ1) is 8.68. The number of carbonyl (C=O) groups excluding carboxylic acids is 2. The predicted octanol–water partition coefficient (Wildman–Crippen LogP) is 1.06. The molecule has 0 spiro atoms. The first-order valence-electron chi connectivity index (χ1n) is 6.87. The second kappa shape index (κ2) is 8.15. The average molecular weight is 272 g/mol. The second-order valence-corrected chi connectivity index (χ2v) is 6.21. The van der Waals surface area contributed by atoms with Crippen molar-refractivity contribution >= 4 is 11.8 Å². The molecule has 0 aromatic rings. The molecule has 0 aromatic heterocycles. The van der Waals surface area contributed by atoms with Crippen LogP contribution < -0.4 is 10.6 Å². The first-order valence-corrected chi connectivity index (χ1v) is 6.87. The Morgan fingerprint density at radius 2 is 1.79 bits per heavy atom. The molecular formula is C14H28N2O3. The number of carbonyl (C=O) groups is 2. The van der Waals surface area contributed by atoms with Gasteiger partial charge < -0.3 is 15.7 Å². The molecule has 0 radical (unpaired) electrons. The maximum absolute atomic E-state index is 11.6. The van der Waals surface area contributed by atoms with Crippen molar-refractivity contribution in [2.45, 2.75) is 53.5 Å². The van der Waals surface area contributed by atoms with E-state index in [4.69, 9.17) is 5.11 Å². The lowest BCUT2D eigenvalue weighted by molar-refractivity contribution is -0.128. The van der Waals surface area contributed by atoms with Crippen LogP contribution in [0, 0.1) is 11.3 Å². The minimum atomic E-state index is -0.401. The van der Waals surface area contributed by atoms with Crippen LogP contribution in [0.25, 0.3) is 0 Å². The summed E-state index contributed by atoms with van der Waals surface area (Å²) in [4.78, 5) is 23.2. The van der Waals surface area contributed by atoms with Crippen molar-refractivity contribution in [1.82, 2.24) is 10.6 Å². The third-order valence-corrected chi connectivity index (χ3v) is 2.90. The SMILES string of the molecule is CC(C)[C@@H](CO)NC(=O)CCCNC(=O)C(C)(C)C. The standard InChI is InChI=1S/C14H28N2O3/c1-10(2)11(9-17)16-12(18)7-6-8-15-13(19)14(3,4)5/h10-11,17H,6-9H2,1-5H3,(H,15,19)(H,16,18)/t11-/m1/s1. The Morgan fingerprint density at radius 1 is 1.21 bits per heavy atom. The Morgan fingerprint density at radius 3 is 2.21 bits per heavy atom. The molecule has 5 nitrogen and oxygen atoms in total. The van der Waals surface area contributed by atoms with Crippen molar-refractivity contribution in [1.29, 1.82) is 0 Å². The summed E-state index contributed by atoms with van der Waals surface area (Å²) in [5.41, 5.74) is -0.401. The van der Waals surface area contributed by atoms with Gasteiger partial charge in [-0.2, -0.15) is 0 Å². The highest BCUT2D eigenvalue weighted by Crippen LogP contribution is 2.12. The molecule has 0 aromatic carbocycles. The Bertz CT molecular complexity index is 296. The van der Waals surface area contributed by atoms with Crippen molar-refractivity contribution < 1.29 is 14.7 Å². The zero-order valence-corrected chi connectivity index (χ0v) is 12.7. The van der Waals surface area contributed by atoms with Crippen LogP contribution in [0.1, 0.15) is 47.5 Å². The minimum Gasteiger partial charge on any atom is -0.394 e.